The Hall–Kier alpha value is -2.20. The first-order valence-electron chi connectivity index (χ1n) is 7.32. The number of fused-ring (bicyclic) bond motifs is 1. The molecule has 3 aromatic rings. The second kappa shape index (κ2) is 5.54. The van der Waals surface area contributed by atoms with Gasteiger partial charge in [0.2, 0.25) is 0 Å². The highest BCUT2D eigenvalue weighted by Crippen LogP contribution is 2.29. The molecule has 4 heteroatoms. The van der Waals surface area contributed by atoms with E-state index in [1.807, 2.05) is 38.8 Å². The molecule has 0 saturated heterocycles. The first kappa shape index (κ1) is 14.7. The molecule has 0 bridgehead atoms. The number of nitrogens with zero attached hydrogens (tertiary/aromatic N) is 3. The molecule has 3 nitrogen and oxygen atoms in total. The van der Waals surface area contributed by atoms with Gasteiger partial charge in [-0.1, -0.05) is 12.1 Å². The van der Waals surface area contributed by atoms with E-state index in [0.717, 1.165) is 39.8 Å². The molecule has 0 aliphatic heterocycles. The van der Waals surface area contributed by atoms with Crippen LogP contribution in [0.4, 0.5) is 4.39 Å². The lowest BCUT2D eigenvalue weighted by atomic mass is 9.99. The largest absolute Gasteiger partial charge is 0.303 e. The van der Waals surface area contributed by atoms with Crippen LogP contribution in [0.3, 0.4) is 0 Å². The maximum Gasteiger partial charge on any atom is 0.123 e. The van der Waals surface area contributed by atoms with Crippen molar-refractivity contribution in [1.82, 2.24) is 14.7 Å². The fourth-order valence-electron chi connectivity index (χ4n) is 2.87. The second-order valence-electron chi connectivity index (χ2n) is 6.00. The number of hydrogen-bond acceptors (Lipinski definition) is 2. The zero-order valence-electron chi connectivity index (χ0n) is 13.4. The molecule has 1 heterocycles. The highest BCUT2D eigenvalue weighted by molar-refractivity contribution is 5.87. The van der Waals surface area contributed by atoms with Crippen LogP contribution in [0.5, 0.6) is 0 Å². The summed E-state index contributed by atoms with van der Waals surface area (Å²) in [4.78, 5) is 2.11. The first-order valence-corrected chi connectivity index (χ1v) is 7.32. The van der Waals surface area contributed by atoms with Crippen molar-refractivity contribution in [2.24, 2.45) is 7.05 Å². The van der Waals surface area contributed by atoms with E-state index in [-0.39, 0.29) is 5.82 Å². The molecule has 114 valence electrons. The Labute approximate surface area is 130 Å². The zero-order valence-corrected chi connectivity index (χ0v) is 13.4. The quantitative estimate of drug-likeness (QED) is 0.734. The van der Waals surface area contributed by atoms with E-state index in [4.69, 9.17) is 0 Å². The third-order valence-electron chi connectivity index (χ3n) is 3.89. The minimum Gasteiger partial charge on any atom is -0.303 e. The van der Waals surface area contributed by atoms with Gasteiger partial charge in [0.15, 0.2) is 0 Å². The van der Waals surface area contributed by atoms with E-state index in [1.54, 1.807) is 6.07 Å². The lowest BCUT2D eigenvalue weighted by Crippen LogP contribution is -2.11. The van der Waals surface area contributed by atoms with Crippen LogP contribution in [-0.4, -0.2) is 28.8 Å². The van der Waals surface area contributed by atoms with Crippen LogP contribution in [-0.2, 0) is 13.6 Å². The van der Waals surface area contributed by atoms with Gasteiger partial charge in [-0.05, 0) is 62.0 Å². The lowest BCUT2D eigenvalue weighted by Gasteiger charge is -2.09. The fraction of sp³-hybridized carbons (Fsp3) is 0.278. The minimum atomic E-state index is -0.197. The van der Waals surface area contributed by atoms with Crippen LogP contribution in [0.1, 0.15) is 11.3 Å². The van der Waals surface area contributed by atoms with Gasteiger partial charge in [0.1, 0.15) is 5.82 Å². The molecule has 2 aromatic carbocycles. The molecular weight excluding hydrogens is 277 g/mol. The molecule has 1 aromatic heterocycles. The number of halogens is 1. The number of rotatable bonds is 3. The predicted molar refractivity (Wildman–Crippen MR) is 88.2 cm³/mol. The Morgan fingerprint density at radius 2 is 1.91 bits per heavy atom. The summed E-state index contributed by atoms with van der Waals surface area (Å²) in [6, 6.07) is 11.2. The summed E-state index contributed by atoms with van der Waals surface area (Å²) in [5.74, 6) is -0.197. The van der Waals surface area contributed by atoms with Gasteiger partial charge in [0, 0.05) is 19.0 Å². The van der Waals surface area contributed by atoms with Crippen molar-refractivity contribution >= 4 is 10.9 Å². The topological polar surface area (TPSA) is 21.1 Å². The van der Waals surface area contributed by atoms with Crippen molar-refractivity contribution in [2.75, 3.05) is 14.1 Å². The van der Waals surface area contributed by atoms with Crippen LogP contribution in [0.2, 0.25) is 0 Å². The number of benzene rings is 2. The van der Waals surface area contributed by atoms with E-state index in [0.29, 0.717) is 0 Å². The van der Waals surface area contributed by atoms with Crippen molar-refractivity contribution < 1.29 is 4.39 Å². The highest BCUT2D eigenvalue weighted by atomic mass is 19.1. The third-order valence-corrected chi connectivity index (χ3v) is 3.89. The summed E-state index contributed by atoms with van der Waals surface area (Å²) in [6.45, 7) is 2.73. The highest BCUT2D eigenvalue weighted by Gasteiger charge is 2.11. The van der Waals surface area contributed by atoms with Crippen LogP contribution in [0, 0.1) is 12.7 Å². The van der Waals surface area contributed by atoms with E-state index in [2.05, 4.69) is 28.2 Å². The van der Waals surface area contributed by atoms with Gasteiger partial charge in [0.05, 0.1) is 11.2 Å². The normalized spacial score (nSPS) is 11.5. The molecule has 0 aliphatic carbocycles. The lowest BCUT2D eigenvalue weighted by molar-refractivity contribution is 0.396. The summed E-state index contributed by atoms with van der Waals surface area (Å²) < 4.78 is 15.2. The predicted octanol–water partition coefficient (Wildman–Crippen LogP) is 3.75. The monoisotopic (exact) mass is 297 g/mol. The average molecular weight is 297 g/mol. The zero-order chi connectivity index (χ0) is 15.9. The summed E-state index contributed by atoms with van der Waals surface area (Å²) in [5, 5.41) is 5.77. The van der Waals surface area contributed by atoms with Crippen LogP contribution in [0.25, 0.3) is 22.0 Å². The first-order chi connectivity index (χ1) is 10.5. The molecule has 0 spiro atoms. The molecule has 0 atom stereocenters. The maximum absolute atomic E-state index is 13.3. The summed E-state index contributed by atoms with van der Waals surface area (Å²) in [6.07, 6.45) is 0. The van der Waals surface area contributed by atoms with E-state index in [9.17, 15) is 4.39 Å². The van der Waals surface area contributed by atoms with Gasteiger partial charge < -0.3 is 4.90 Å². The Morgan fingerprint density at radius 3 is 2.59 bits per heavy atom. The van der Waals surface area contributed by atoms with Gasteiger partial charge in [0.25, 0.3) is 0 Å². The molecule has 0 radical (unpaired) electrons. The van der Waals surface area contributed by atoms with E-state index < -0.39 is 0 Å². The Balaban J connectivity index is 2.16. The molecule has 0 fully saturated rings. The van der Waals surface area contributed by atoms with Gasteiger partial charge in [-0.3, -0.25) is 4.68 Å². The fourth-order valence-corrected chi connectivity index (χ4v) is 2.87. The number of aromatic nitrogens is 2. The SMILES string of the molecule is Cc1cc(F)ccc1-c1ccc2c(c1)c(CN(C)C)nn2C. The van der Waals surface area contributed by atoms with Gasteiger partial charge in [-0.2, -0.15) is 5.10 Å². The molecule has 22 heavy (non-hydrogen) atoms. The van der Waals surface area contributed by atoms with Crippen LogP contribution < -0.4 is 0 Å². The van der Waals surface area contributed by atoms with Crippen molar-refractivity contribution in [3.63, 3.8) is 0 Å². The maximum atomic E-state index is 13.3. The van der Waals surface area contributed by atoms with Crippen LogP contribution in [0.15, 0.2) is 36.4 Å². The molecule has 0 unspecified atom stereocenters. The standard InChI is InChI=1S/C18H20FN3/c1-12-9-14(19)6-7-15(12)13-5-8-18-16(10-13)17(11-21(2)3)20-22(18)4/h5-10H,11H2,1-4H3. The average Bonchev–Trinajstić information content (AvgIpc) is 2.74. The molecular formula is C18H20FN3. The van der Waals surface area contributed by atoms with E-state index >= 15 is 0 Å². The van der Waals surface area contributed by atoms with Gasteiger partial charge in [-0.25, -0.2) is 4.39 Å². The summed E-state index contributed by atoms with van der Waals surface area (Å²) in [7, 11) is 6.04. The van der Waals surface area contributed by atoms with Gasteiger partial charge in [-0.15, -0.1) is 0 Å². The molecule has 0 saturated carbocycles. The Kier molecular flexibility index (Phi) is 3.71. The summed E-state index contributed by atoms with van der Waals surface area (Å²) >= 11 is 0. The smallest absolute Gasteiger partial charge is 0.123 e. The summed E-state index contributed by atoms with van der Waals surface area (Å²) in [5.41, 5.74) is 5.27. The Morgan fingerprint density at radius 1 is 1.14 bits per heavy atom. The second-order valence-corrected chi connectivity index (χ2v) is 6.00. The number of aryl methyl sites for hydroxylation is 2. The van der Waals surface area contributed by atoms with Gasteiger partial charge >= 0.3 is 0 Å². The molecule has 3 rings (SSSR count). The molecule has 0 N–H and O–H groups in total. The van der Waals surface area contributed by atoms with Crippen molar-refractivity contribution in [2.45, 2.75) is 13.5 Å². The molecule has 0 amide bonds. The minimum absolute atomic E-state index is 0.197. The Bertz CT molecular complexity index is 834. The third kappa shape index (κ3) is 2.62. The van der Waals surface area contributed by atoms with Crippen molar-refractivity contribution in [3.8, 4) is 11.1 Å². The van der Waals surface area contributed by atoms with Crippen molar-refractivity contribution in [1.29, 1.82) is 0 Å². The number of hydrogen-bond donors (Lipinski definition) is 0. The van der Waals surface area contributed by atoms with Crippen molar-refractivity contribution in [3.05, 3.63) is 53.5 Å². The van der Waals surface area contributed by atoms with E-state index in [1.165, 1.54) is 6.07 Å². The van der Waals surface area contributed by atoms with Crippen LogP contribution >= 0.6 is 0 Å². The molecule has 0 aliphatic rings.